The van der Waals surface area contributed by atoms with Crippen molar-refractivity contribution in [3.8, 4) is 28.0 Å². The Morgan fingerprint density at radius 3 is 1.75 bits per heavy atom. The van der Waals surface area contributed by atoms with Gasteiger partial charge in [0.1, 0.15) is 11.5 Å². The zero-order valence-corrected chi connectivity index (χ0v) is 33.8. The number of rotatable bonds is 12. The van der Waals surface area contributed by atoms with Crippen molar-refractivity contribution in [1.29, 1.82) is 0 Å². The minimum atomic E-state index is -3.51. The molecule has 0 N–H and O–H groups in total. The lowest BCUT2D eigenvalue weighted by atomic mass is 9.70. The number of benzene rings is 5. The van der Waals surface area contributed by atoms with Gasteiger partial charge in [0.2, 0.25) is 0 Å². The predicted molar refractivity (Wildman–Crippen MR) is 229 cm³/mol. The van der Waals surface area contributed by atoms with E-state index in [1.54, 1.807) is 0 Å². The van der Waals surface area contributed by atoms with E-state index < -0.39 is 14.7 Å². The summed E-state index contributed by atoms with van der Waals surface area (Å²) < 4.78 is 44.5. The Kier molecular flexibility index (Phi) is 9.64. The van der Waals surface area contributed by atoms with Crippen LogP contribution in [0.2, 0.25) is 0 Å². The summed E-state index contributed by atoms with van der Waals surface area (Å²) in [7, 11) is -6.98. The monoisotopic (exact) mass is 764 g/mol. The Morgan fingerprint density at radius 2 is 1.11 bits per heavy atom. The Labute approximate surface area is 326 Å². The van der Waals surface area contributed by atoms with Crippen molar-refractivity contribution in [1.82, 2.24) is 0 Å². The number of fused-ring (bicyclic) bond motifs is 8. The molecule has 2 aliphatic heterocycles. The highest BCUT2D eigenvalue weighted by atomic mass is 31.2. The van der Waals surface area contributed by atoms with Crippen LogP contribution in [0.5, 0.6) is 5.75 Å². The normalized spacial score (nSPS) is 21.0. The first kappa shape index (κ1) is 36.3. The van der Waals surface area contributed by atoms with Crippen molar-refractivity contribution in [3.63, 3.8) is 0 Å². The van der Waals surface area contributed by atoms with E-state index in [4.69, 9.17) is 9.05 Å². The van der Waals surface area contributed by atoms with Crippen molar-refractivity contribution < 1.29 is 18.2 Å². The highest BCUT2D eigenvalue weighted by Gasteiger charge is 2.47. The van der Waals surface area contributed by atoms with Crippen molar-refractivity contribution in [2.24, 2.45) is 0 Å². The van der Waals surface area contributed by atoms with Crippen molar-refractivity contribution in [3.05, 3.63) is 144 Å². The molecule has 2 heterocycles. The molecule has 5 aromatic rings. The van der Waals surface area contributed by atoms with Gasteiger partial charge in [-0.05, 0) is 95.1 Å². The highest BCUT2D eigenvalue weighted by molar-refractivity contribution is 7.75. The van der Waals surface area contributed by atoms with E-state index in [0.717, 1.165) is 101 Å². The molecule has 0 bridgehead atoms. The fourth-order valence-corrected chi connectivity index (χ4v) is 14.3. The quantitative estimate of drug-likeness (QED) is 0.0938. The van der Waals surface area contributed by atoms with Gasteiger partial charge >= 0.3 is 14.7 Å². The fourth-order valence-electron chi connectivity index (χ4n) is 9.65. The van der Waals surface area contributed by atoms with E-state index in [0.29, 0.717) is 5.75 Å². The van der Waals surface area contributed by atoms with Gasteiger partial charge in [-0.25, -0.2) is 0 Å². The first-order chi connectivity index (χ1) is 26.9. The Hall–Kier alpha value is -4.36. The van der Waals surface area contributed by atoms with Crippen LogP contribution in [0.3, 0.4) is 0 Å². The van der Waals surface area contributed by atoms with Crippen LogP contribution in [-0.2, 0) is 19.1 Å². The SMILES string of the molecule is CCCCCCC1(CCCCCC)c2cc(P3(=O)OC4=C(C=CCC4)c4ccccc43)ccc2-c2ccc(P3(=O)Oc4ccccc4-c4ccccc43)cc21. The molecule has 0 saturated carbocycles. The van der Waals surface area contributed by atoms with Crippen molar-refractivity contribution in [2.75, 3.05) is 0 Å². The smallest absolute Gasteiger partial charge is 0.307 e. The number of para-hydroxylation sites is 1. The van der Waals surface area contributed by atoms with E-state index in [2.05, 4.69) is 68.5 Å². The lowest BCUT2D eigenvalue weighted by Crippen LogP contribution is -2.30. The van der Waals surface area contributed by atoms with Crippen LogP contribution in [0, 0.1) is 0 Å². The number of unbranched alkanes of at least 4 members (excludes halogenated alkanes) is 6. The molecule has 0 radical (unpaired) electrons. The third-order valence-corrected chi connectivity index (χ3v) is 17.3. The number of hydrogen-bond donors (Lipinski definition) is 0. The zero-order chi connectivity index (χ0) is 37.6. The van der Waals surface area contributed by atoms with Gasteiger partial charge in [0, 0.05) is 23.0 Å². The molecule has 0 spiro atoms. The molecule has 4 nitrogen and oxygen atoms in total. The maximum atomic E-state index is 15.6. The number of hydrogen-bond acceptors (Lipinski definition) is 4. The molecule has 4 aliphatic rings. The molecule has 0 aromatic heterocycles. The van der Waals surface area contributed by atoms with E-state index in [9.17, 15) is 0 Å². The Balaban J connectivity index is 1.22. The molecular weight excluding hydrogens is 714 g/mol. The molecule has 0 saturated heterocycles. The van der Waals surface area contributed by atoms with Crippen LogP contribution in [0.4, 0.5) is 0 Å². The third-order valence-electron chi connectivity index (χ3n) is 12.4. The van der Waals surface area contributed by atoms with Gasteiger partial charge in [0.05, 0.1) is 21.2 Å². The molecule has 9 rings (SSSR count). The molecule has 55 heavy (non-hydrogen) atoms. The number of allylic oxidation sites excluding steroid dienone is 4. The van der Waals surface area contributed by atoms with E-state index in [1.807, 2.05) is 66.7 Å². The summed E-state index contributed by atoms with van der Waals surface area (Å²) in [5.74, 6) is 1.50. The van der Waals surface area contributed by atoms with Gasteiger partial charge in [0.15, 0.2) is 0 Å². The molecule has 2 aliphatic carbocycles. The second kappa shape index (κ2) is 14.6. The summed E-state index contributed by atoms with van der Waals surface area (Å²) in [6, 6.07) is 37.1. The van der Waals surface area contributed by atoms with Crippen LogP contribution < -0.4 is 25.7 Å². The summed E-state index contributed by atoms with van der Waals surface area (Å²) in [5.41, 5.74) is 8.50. The first-order valence-electron chi connectivity index (χ1n) is 20.5. The molecule has 0 fully saturated rings. The van der Waals surface area contributed by atoms with Gasteiger partial charge in [-0.3, -0.25) is 9.13 Å². The molecule has 2 unspecified atom stereocenters. The molecule has 5 aromatic carbocycles. The van der Waals surface area contributed by atoms with Crippen LogP contribution >= 0.6 is 14.7 Å². The average molecular weight is 765 g/mol. The zero-order valence-electron chi connectivity index (χ0n) is 32.1. The molecule has 2 atom stereocenters. The molecule has 0 amide bonds. The van der Waals surface area contributed by atoms with Crippen LogP contribution in [0.25, 0.3) is 27.8 Å². The van der Waals surface area contributed by atoms with Crippen LogP contribution in [-0.4, -0.2) is 0 Å². The highest BCUT2D eigenvalue weighted by Crippen LogP contribution is 2.60. The summed E-state index contributed by atoms with van der Waals surface area (Å²) in [5, 5.41) is 3.02. The lowest BCUT2D eigenvalue weighted by Gasteiger charge is -2.35. The Morgan fingerprint density at radius 1 is 0.564 bits per heavy atom. The minimum Gasteiger partial charge on any atom is -0.441 e. The van der Waals surface area contributed by atoms with Crippen molar-refractivity contribution in [2.45, 2.75) is 96.3 Å². The average Bonchev–Trinajstić information content (AvgIpc) is 3.49. The second-order valence-electron chi connectivity index (χ2n) is 15.8. The van der Waals surface area contributed by atoms with Gasteiger partial charge in [-0.1, -0.05) is 144 Å². The summed E-state index contributed by atoms with van der Waals surface area (Å²) >= 11 is 0. The first-order valence-corrected chi connectivity index (χ1v) is 23.7. The summed E-state index contributed by atoms with van der Waals surface area (Å²) in [6.07, 6.45) is 17.1. The topological polar surface area (TPSA) is 52.6 Å². The maximum absolute atomic E-state index is 15.6. The molecular formula is C49H50O4P2. The van der Waals surface area contributed by atoms with Crippen molar-refractivity contribution >= 4 is 41.5 Å². The largest absolute Gasteiger partial charge is 0.441 e. The van der Waals surface area contributed by atoms with Gasteiger partial charge in [-0.2, -0.15) is 0 Å². The maximum Gasteiger partial charge on any atom is 0.307 e. The Bertz CT molecular complexity index is 2440. The van der Waals surface area contributed by atoms with Crippen LogP contribution in [0.15, 0.2) is 127 Å². The lowest BCUT2D eigenvalue weighted by molar-refractivity contribution is 0.399. The van der Waals surface area contributed by atoms with Gasteiger partial charge in [0.25, 0.3) is 0 Å². The fraction of sp³-hybridized carbons (Fsp3) is 0.306. The van der Waals surface area contributed by atoms with E-state index in [1.165, 1.54) is 47.9 Å². The molecule has 280 valence electrons. The second-order valence-corrected chi connectivity index (χ2v) is 20.3. The standard InChI is InChI=1S/C49H50O4P2/c1-3-5-7-17-31-49(32-18-8-6-4-2)43-33-35(54(50)47-25-15-11-21-41(47)39-19-9-13-23-45(39)52-54)27-29-37(43)38-30-28-36(34-44(38)49)55(51)48-26-16-12-22-42(48)40-20-10-14-24-46(40)53-55/h9-13,15-16,19-23,25-30,33-34H,3-8,14,17-18,24,31-32H2,1-2H3. The van der Waals surface area contributed by atoms with E-state index in [-0.39, 0.29) is 5.41 Å². The summed E-state index contributed by atoms with van der Waals surface area (Å²) in [6.45, 7) is 4.53. The van der Waals surface area contributed by atoms with Crippen LogP contribution in [0.1, 0.15) is 108 Å². The van der Waals surface area contributed by atoms with Gasteiger partial charge in [-0.15, -0.1) is 0 Å². The van der Waals surface area contributed by atoms with Gasteiger partial charge < -0.3 is 9.05 Å². The molecule has 6 heteroatoms. The minimum absolute atomic E-state index is 0.336. The van der Waals surface area contributed by atoms with E-state index >= 15 is 9.13 Å². The predicted octanol–water partition coefficient (Wildman–Crippen LogP) is 12.5. The summed E-state index contributed by atoms with van der Waals surface area (Å²) in [4.78, 5) is 0. The third kappa shape index (κ3) is 5.95.